The van der Waals surface area contributed by atoms with Gasteiger partial charge in [0.2, 0.25) is 0 Å². The Kier molecular flexibility index (Phi) is 9.26. The fourth-order valence-corrected chi connectivity index (χ4v) is 3.64. The van der Waals surface area contributed by atoms with Crippen molar-refractivity contribution in [3.63, 3.8) is 0 Å². The number of carboxylic acid groups (broad SMARTS) is 1. The van der Waals surface area contributed by atoms with Crippen molar-refractivity contribution in [3.05, 3.63) is 36.0 Å². The molecule has 2 heterocycles. The number of rotatable bonds is 6. The van der Waals surface area contributed by atoms with E-state index < -0.39 is 12.1 Å². The molecule has 0 saturated carbocycles. The number of fused-ring (bicyclic) bond motifs is 1. The van der Waals surface area contributed by atoms with Gasteiger partial charge in [0.1, 0.15) is 5.75 Å². The second-order valence-electron chi connectivity index (χ2n) is 6.57. The summed E-state index contributed by atoms with van der Waals surface area (Å²) in [6.07, 6.45) is 3.09. The zero-order valence-corrected chi connectivity index (χ0v) is 16.8. The number of aromatic nitrogens is 1. The maximum Gasteiger partial charge on any atom is 0.308 e. The highest BCUT2D eigenvalue weighted by Crippen LogP contribution is 2.32. The van der Waals surface area contributed by atoms with Gasteiger partial charge in [0.25, 0.3) is 0 Å². The summed E-state index contributed by atoms with van der Waals surface area (Å²) in [5, 5.41) is 24.1. The molecule has 1 aliphatic heterocycles. The molecule has 1 saturated heterocycles. The molecule has 0 aliphatic carbocycles. The van der Waals surface area contributed by atoms with Gasteiger partial charge >= 0.3 is 5.97 Å². The van der Waals surface area contributed by atoms with Crippen LogP contribution in [0.4, 0.5) is 0 Å². The molecule has 3 unspecified atom stereocenters. The quantitative estimate of drug-likeness (QED) is 0.669. The largest absolute Gasteiger partial charge is 0.497 e. The number of nitrogens with zero attached hydrogens (tertiary/aromatic N) is 1. The number of hydrogen-bond donors (Lipinski definition) is 3. The number of aliphatic hydroxyl groups is 1. The zero-order valence-electron chi connectivity index (χ0n) is 15.1. The van der Waals surface area contributed by atoms with Gasteiger partial charge in [-0.15, -0.1) is 24.8 Å². The number of carbonyl (C=O) groups is 1. The van der Waals surface area contributed by atoms with Crippen LogP contribution >= 0.6 is 24.8 Å². The van der Waals surface area contributed by atoms with E-state index in [4.69, 9.17) is 4.74 Å². The van der Waals surface area contributed by atoms with Crippen molar-refractivity contribution < 1.29 is 19.7 Å². The van der Waals surface area contributed by atoms with Crippen molar-refractivity contribution in [2.75, 3.05) is 20.2 Å². The molecule has 1 fully saturated rings. The van der Waals surface area contributed by atoms with Crippen LogP contribution in [-0.2, 0) is 4.79 Å². The number of carboxylic acids is 1. The fourth-order valence-electron chi connectivity index (χ4n) is 3.64. The van der Waals surface area contributed by atoms with E-state index in [-0.39, 0.29) is 36.6 Å². The van der Waals surface area contributed by atoms with E-state index >= 15 is 0 Å². The number of pyridine rings is 1. The van der Waals surface area contributed by atoms with Crippen molar-refractivity contribution in [1.82, 2.24) is 10.3 Å². The molecule has 0 bridgehead atoms. The minimum atomic E-state index is -0.759. The average molecular weight is 417 g/mol. The molecular weight excluding hydrogens is 391 g/mol. The monoisotopic (exact) mass is 416 g/mol. The van der Waals surface area contributed by atoms with Gasteiger partial charge in [0.15, 0.2) is 0 Å². The Labute approximate surface area is 171 Å². The lowest BCUT2D eigenvalue weighted by Crippen LogP contribution is -2.40. The van der Waals surface area contributed by atoms with Crippen molar-refractivity contribution in [2.24, 2.45) is 11.8 Å². The van der Waals surface area contributed by atoms with Crippen LogP contribution in [0.1, 0.15) is 30.9 Å². The molecule has 150 valence electrons. The first kappa shape index (κ1) is 23.4. The molecular formula is C19H26Cl2N2O4. The Hall–Kier alpha value is -1.60. The molecule has 2 aromatic rings. The van der Waals surface area contributed by atoms with Crippen LogP contribution in [0.15, 0.2) is 30.5 Å². The summed E-state index contributed by atoms with van der Waals surface area (Å²) in [5.41, 5.74) is 1.62. The first-order chi connectivity index (χ1) is 12.1. The van der Waals surface area contributed by atoms with Gasteiger partial charge in [-0.1, -0.05) is 0 Å². The van der Waals surface area contributed by atoms with Crippen LogP contribution in [0.5, 0.6) is 5.75 Å². The molecule has 8 heteroatoms. The van der Waals surface area contributed by atoms with E-state index in [0.717, 1.165) is 35.2 Å². The topological polar surface area (TPSA) is 91.7 Å². The summed E-state index contributed by atoms with van der Waals surface area (Å²) in [6.45, 7) is 1.34. The van der Waals surface area contributed by atoms with Crippen LogP contribution < -0.4 is 10.1 Å². The van der Waals surface area contributed by atoms with Crippen LogP contribution in [0.3, 0.4) is 0 Å². The number of aliphatic carboxylic acids is 1. The molecule has 27 heavy (non-hydrogen) atoms. The van der Waals surface area contributed by atoms with Gasteiger partial charge in [0, 0.05) is 18.1 Å². The van der Waals surface area contributed by atoms with E-state index in [1.165, 1.54) is 0 Å². The maximum atomic E-state index is 11.4. The predicted molar refractivity (Wildman–Crippen MR) is 109 cm³/mol. The summed E-state index contributed by atoms with van der Waals surface area (Å²) in [7, 11) is 1.61. The van der Waals surface area contributed by atoms with E-state index in [9.17, 15) is 15.0 Å². The van der Waals surface area contributed by atoms with Crippen molar-refractivity contribution in [3.8, 4) is 5.75 Å². The average Bonchev–Trinajstić information content (AvgIpc) is 2.65. The first-order valence-corrected chi connectivity index (χ1v) is 8.64. The molecule has 0 radical (unpaired) electrons. The van der Waals surface area contributed by atoms with Crippen molar-refractivity contribution >= 4 is 41.7 Å². The third-order valence-electron chi connectivity index (χ3n) is 5.09. The Bertz CT molecular complexity index is 760. The summed E-state index contributed by atoms with van der Waals surface area (Å²) >= 11 is 0. The second kappa shape index (κ2) is 10.7. The Morgan fingerprint density at radius 3 is 2.85 bits per heavy atom. The number of piperidine rings is 1. The molecule has 3 atom stereocenters. The minimum absolute atomic E-state index is 0. The smallest absolute Gasteiger partial charge is 0.308 e. The number of halogens is 2. The highest BCUT2D eigenvalue weighted by atomic mass is 35.5. The van der Waals surface area contributed by atoms with E-state index in [1.807, 2.05) is 24.3 Å². The number of ether oxygens (including phenoxy) is 1. The molecule has 3 rings (SSSR count). The minimum Gasteiger partial charge on any atom is -0.497 e. The van der Waals surface area contributed by atoms with Gasteiger partial charge < -0.3 is 20.3 Å². The molecule has 1 aromatic heterocycles. The van der Waals surface area contributed by atoms with Gasteiger partial charge in [-0.05, 0) is 61.6 Å². The van der Waals surface area contributed by atoms with Crippen molar-refractivity contribution in [1.29, 1.82) is 0 Å². The number of benzene rings is 1. The van der Waals surface area contributed by atoms with E-state index in [0.29, 0.717) is 19.4 Å². The SMILES string of the molecule is COc1ccc2nccc(C(O)CCC3CCNCC3C(=O)O)c2c1.Cl.Cl. The van der Waals surface area contributed by atoms with Crippen LogP contribution in [0.25, 0.3) is 10.9 Å². The number of nitrogens with one attached hydrogen (secondary N) is 1. The lowest BCUT2D eigenvalue weighted by molar-refractivity contribution is -0.144. The van der Waals surface area contributed by atoms with Gasteiger partial charge in [0.05, 0.1) is 24.6 Å². The molecule has 0 spiro atoms. The summed E-state index contributed by atoms with van der Waals surface area (Å²) in [5.74, 6) is -0.324. The van der Waals surface area contributed by atoms with Gasteiger partial charge in [-0.3, -0.25) is 9.78 Å². The highest BCUT2D eigenvalue weighted by molar-refractivity contribution is 5.85. The summed E-state index contributed by atoms with van der Waals surface area (Å²) < 4.78 is 5.27. The predicted octanol–water partition coefficient (Wildman–Crippen LogP) is 3.21. The lowest BCUT2D eigenvalue weighted by Gasteiger charge is -2.30. The summed E-state index contributed by atoms with van der Waals surface area (Å²) in [6, 6.07) is 7.42. The molecule has 6 nitrogen and oxygen atoms in total. The van der Waals surface area contributed by atoms with Crippen LogP contribution in [0, 0.1) is 11.8 Å². The van der Waals surface area contributed by atoms with E-state index in [1.54, 1.807) is 13.3 Å². The maximum absolute atomic E-state index is 11.4. The van der Waals surface area contributed by atoms with Gasteiger partial charge in [-0.2, -0.15) is 0 Å². The van der Waals surface area contributed by atoms with Gasteiger partial charge in [-0.25, -0.2) is 0 Å². The Balaban J connectivity index is 0.00000182. The molecule has 1 aromatic carbocycles. The Morgan fingerprint density at radius 1 is 1.37 bits per heavy atom. The van der Waals surface area contributed by atoms with Crippen LogP contribution in [-0.4, -0.2) is 41.4 Å². The zero-order chi connectivity index (χ0) is 17.8. The Morgan fingerprint density at radius 2 is 2.15 bits per heavy atom. The number of hydrogen-bond acceptors (Lipinski definition) is 5. The fraction of sp³-hybridized carbons (Fsp3) is 0.474. The molecule has 3 N–H and O–H groups in total. The third-order valence-corrected chi connectivity index (χ3v) is 5.09. The van der Waals surface area contributed by atoms with Crippen LogP contribution in [0.2, 0.25) is 0 Å². The lowest BCUT2D eigenvalue weighted by atomic mass is 9.82. The number of aliphatic hydroxyl groups excluding tert-OH is 1. The number of methoxy groups -OCH3 is 1. The normalized spacial score (nSPS) is 20.2. The standard InChI is InChI=1S/C19H24N2O4.2ClH/c1-25-13-3-4-17-15(10-13)14(7-9-21-17)18(22)5-2-12-6-8-20-11-16(12)19(23)24;;/h3-4,7,9-10,12,16,18,20,22H,2,5-6,8,11H2,1H3,(H,23,24);2*1H. The molecule has 1 aliphatic rings. The summed E-state index contributed by atoms with van der Waals surface area (Å²) in [4.78, 5) is 15.7. The molecule has 0 amide bonds. The third kappa shape index (κ3) is 5.45. The second-order valence-corrected chi connectivity index (χ2v) is 6.57. The first-order valence-electron chi connectivity index (χ1n) is 8.64. The highest BCUT2D eigenvalue weighted by Gasteiger charge is 2.31. The van der Waals surface area contributed by atoms with E-state index in [2.05, 4.69) is 10.3 Å². The van der Waals surface area contributed by atoms with Crippen molar-refractivity contribution in [2.45, 2.75) is 25.4 Å².